The second kappa shape index (κ2) is 4.27. The van der Waals surface area contributed by atoms with Gasteiger partial charge in [0.15, 0.2) is 0 Å². The quantitative estimate of drug-likeness (QED) is 0.663. The molecule has 2 atom stereocenters. The van der Waals surface area contributed by atoms with Crippen molar-refractivity contribution in [2.75, 3.05) is 20.3 Å². The molecule has 1 saturated heterocycles. The maximum atomic E-state index is 12.3. The Hall–Kier alpha value is -0.570. The summed E-state index contributed by atoms with van der Waals surface area (Å²) in [6.45, 7) is 13.9. The highest BCUT2D eigenvalue weighted by Gasteiger charge is 2.61. The van der Waals surface area contributed by atoms with Crippen LogP contribution in [0.3, 0.4) is 0 Å². The van der Waals surface area contributed by atoms with Gasteiger partial charge in [0.2, 0.25) is 0 Å². The smallest absolute Gasteiger partial charge is 0.315 e. The van der Waals surface area contributed by atoms with Gasteiger partial charge in [-0.15, -0.1) is 0 Å². The molecule has 1 aliphatic heterocycles. The summed E-state index contributed by atoms with van der Waals surface area (Å²) in [5.41, 5.74) is -0.688. The molecule has 0 radical (unpaired) electrons. The molecule has 1 fully saturated rings. The fraction of sp³-hybridized carbons (Fsp3) is 0.929. The number of methoxy groups -OCH3 is 1. The van der Waals surface area contributed by atoms with Gasteiger partial charge in [-0.1, -0.05) is 41.5 Å². The molecule has 0 N–H and O–H groups in total. The fourth-order valence-corrected chi connectivity index (χ4v) is 3.00. The maximum absolute atomic E-state index is 12.3. The Morgan fingerprint density at radius 2 is 1.76 bits per heavy atom. The highest BCUT2D eigenvalue weighted by atomic mass is 16.5. The predicted octanol–water partition coefficient (Wildman–Crippen LogP) is 2.88. The first-order chi connectivity index (χ1) is 7.57. The van der Waals surface area contributed by atoms with E-state index in [1.54, 1.807) is 0 Å². The Morgan fingerprint density at radius 1 is 1.24 bits per heavy atom. The lowest BCUT2D eigenvalue weighted by atomic mass is 9.55. The van der Waals surface area contributed by atoms with Crippen LogP contribution in [0.2, 0.25) is 0 Å². The van der Waals surface area contributed by atoms with E-state index in [9.17, 15) is 4.79 Å². The first kappa shape index (κ1) is 14.5. The zero-order valence-electron chi connectivity index (χ0n) is 12.2. The zero-order chi connectivity index (χ0) is 13.5. The van der Waals surface area contributed by atoms with Gasteiger partial charge in [-0.05, 0) is 10.8 Å². The van der Waals surface area contributed by atoms with Gasteiger partial charge >= 0.3 is 5.97 Å². The van der Waals surface area contributed by atoms with E-state index in [0.29, 0.717) is 13.2 Å². The lowest BCUT2D eigenvalue weighted by Gasteiger charge is -2.46. The Balaban J connectivity index is 3.28. The second-order valence-corrected chi connectivity index (χ2v) is 7.15. The summed E-state index contributed by atoms with van der Waals surface area (Å²) in [4.78, 5) is 12.3. The molecule has 3 nitrogen and oxygen atoms in total. The normalized spacial score (nSPS) is 30.4. The monoisotopic (exact) mass is 242 g/mol. The van der Waals surface area contributed by atoms with Gasteiger partial charge < -0.3 is 9.47 Å². The van der Waals surface area contributed by atoms with Crippen LogP contribution in [-0.4, -0.2) is 26.3 Å². The largest absolute Gasteiger partial charge is 0.468 e. The third kappa shape index (κ3) is 2.22. The highest BCUT2D eigenvalue weighted by Crippen LogP contribution is 2.55. The van der Waals surface area contributed by atoms with Gasteiger partial charge in [0.1, 0.15) is 5.41 Å². The van der Waals surface area contributed by atoms with Crippen LogP contribution in [0.15, 0.2) is 0 Å². The molecule has 1 aliphatic rings. The van der Waals surface area contributed by atoms with Gasteiger partial charge in [0, 0.05) is 5.92 Å². The lowest BCUT2D eigenvalue weighted by Crippen LogP contribution is -2.52. The molecule has 0 aromatic carbocycles. The van der Waals surface area contributed by atoms with E-state index in [1.807, 2.05) is 0 Å². The minimum absolute atomic E-state index is 0.0258. The SMILES string of the molecule is COC(=O)C1(C(C)(C)C)COCC1C(C)(C)C. The summed E-state index contributed by atoms with van der Waals surface area (Å²) in [5.74, 6) is 0.0462. The molecule has 1 heterocycles. The number of esters is 1. The molecule has 0 bridgehead atoms. The van der Waals surface area contributed by atoms with E-state index in [4.69, 9.17) is 9.47 Å². The van der Waals surface area contributed by atoms with Gasteiger partial charge in [-0.25, -0.2) is 0 Å². The number of hydrogen-bond acceptors (Lipinski definition) is 3. The molecule has 1 rings (SSSR count). The lowest BCUT2D eigenvalue weighted by molar-refractivity contribution is -0.167. The van der Waals surface area contributed by atoms with Crippen molar-refractivity contribution in [2.24, 2.45) is 22.2 Å². The Bertz CT molecular complexity index is 296. The molecule has 17 heavy (non-hydrogen) atoms. The van der Waals surface area contributed by atoms with Crippen LogP contribution in [0.5, 0.6) is 0 Å². The van der Waals surface area contributed by atoms with Crippen LogP contribution in [0.1, 0.15) is 41.5 Å². The highest BCUT2D eigenvalue weighted by molar-refractivity contribution is 5.79. The number of ether oxygens (including phenoxy) is 2. The molecular formula is C14H26O3. The van der Waals surface area contributed by atoms with Gasteiger partial charge in [0.25, 0.3) is 0 Å². The summed E-state index contributed by atoms with van der Waals surface area (Å²) < 4.78 is 10.7. The van der Waals surface area contributed by atoms with Gasteiger partial charge in [-0.3, -0.25) is 4.79 Å². The van der Waals surface area contributed by atoms with E-state index < -0.39 is 5.41 Å². The van der Waals surface area contributed by atoms with E-state index >= 15 is 0 Å². The summed E-state index contributed by atoms with van der Waals surface area (Å²) in [6.07, 6.45) is 0. The van der Waals surface area contributed by atoms with Crippen molar-refractivity contribution >= 4 is 5.97 Å². The zero-order valence-corrected chi connectivity index (χ0v) is 12.2. The summed E-state index contributed by atoms with van der Waals surface area (Å²) in [5, 5.41) is 0. The van der Waals surface area contributed by atoms with Crippen molar-refractivity contribution in [2.45, 2.75) is 41.5 Å². The molecule has 0 aromatic rings. The molecule has 0 spiro atoms. The summed E-state index contributed by atoms with van der Waals surface area (Å²) in [6, 6.07) is 0. The van der Waals surface area contributed by atoms with Crippen LogP contribution in [0.25, 0.3) is 0 Å². The van der Waals surface area contributed by atoms with Crippen molar-refractivity contribution in [3.8, 4) is 0 Å². The number of hydrogen-bond donors (Lipinski definition) is 0. The fourth-order valence-electron chi connectivity index (χ4n) is 3.00. The van der Waals surface area contributed by atoms with Crippen LogP contribution in [-0.2, 0) is 14.3 Å². The first-order valence-electron chi connectivity index (χ1n) is 6.23. The molecule has 100 valence electrons. The molecule has 3 heteroatoms. The minimum atomic E-state index is -0.542. The van der Waals surface area contributed by atoms with Crippen molar-refractivity contribution in [1.29, 1.82) is 0 Å². The van der Waals surface area contributed by atoms with E-state index in [-0.39, 0.29) is 22.7 Å². The Kier molecular flexibility index (Phi) is 3.64. The van der Waals surface area contributed by atoms with Crippen molar-refractivity contribution in [1.82, 2.24) is 0 Å². The second-order valence-electron chi connectivity index (χ2n) is 7.15. The van der Waals surface area contributed by atoms with Crippen molar-refractivity contribution in [3.05, 3.63) is 0 Å². The number of rotatable bonds is 1. The van der Waals surface area contributed by atoms with E-state index in [1.165, 1.54) is 7.11 Å². The van der Waals surface area contributed by atoms with Crippen LogP contribution >= 0.6 is 0 Å². The van der Waals surface area contributed by atoms with E-state index in [0.717, 1.165) is 0 Å². The summed E-state index contributed by atoms with van der Waals surface area (Å²) >= 11 is 0. The van der Waals surface area contributed by atoms with Gasteiger partial charge in [-0.2, -0.15) is 0 Å². The van der Waals surface area contributed by atoms with Crippen molar-refractivity contribution < 1.29 is 14.3 Å². The molecule has 0 aliphatic carbocycles. The molecule has 2 unspecified atom stereocenters. The van der Waals surface area contributed by atoms with E-state index in [2.05, 4.69) is 41.5 Å². The van der Waals surface area contributed by atoms with Crippen LogP contribution < -0.4 is 0 Å². The average Bonchev–Trinajstić information content (AvgIpc) is 2.59. The standard InChI is InChI=1S/C14H26O3/c1-12(2,3)10-8-17-9-14(10,11(15)16-7)13(4,5)6/h10H,8-9H2,1-7H3. The number of carbonyl (C=O) groups is 1. The predicted molar refractivity (Wildman–Crippen MR) is 67.7 cm³/mol. The third-order valence-electron chi connectivity index (χ3n) is 4.14. The molecule has 0 aromatic heterocycles. The average molecular weight is 242 g/mol. The third-order valence-corrected chi connectivity index (χ3v) is 4.14. The number of carbonyl (C=O) groups excluding carboxylic acids is 1. The molecular weight excluding hydrogens is 216 g/mol. The van der Waals surface area contributed by atoms with Gasteiger partial charge in [0.05, 0.1) is 20.3 Å². The Morgan fingerprint density at radius 3 is 2.12 bits per heavy atom. The topological polar surface area (TPSA) is 35.5 Å². The summed E-state index contributed by atoms with van der Waals surface area (Å²) in [7, 11) is 1.47. The first-order valence-corrected chi connectivity index (χ1v) is 6.23. The van der Waals surface area contributed by atoms with Crippen LogP contribution in [0.4, 0.5) is 0 Å². The van der Waals surface area contributed by atoms with Crippen LogP contribution in [0, 0.1) is 22.2 Å². The molecule has 0 amide bonds. The van der Waals surface area contributed by atoms with Crippen molar-refractivity contribution in [3.63, 3.8) is 0 Å². The maximum Gasteiger partial charge on any atom is 0.315 e. The Labute approximate surface area is 105 Å². The minimum Gasteiger partial charge on any atom is -0.468 e. The molecule has 0 saturated carbocycles.